The van der Waals surface area contributed by atoms with Crippen LogP contribution < -0.4 is 42.5 Å². The molecule has 6 aromatic rings. The van der Waals surface area contributed by atoms with E-state index in [0.717, 1.165) is 12.1 Å². The molecule has 0 fully saturated rings. The maximum atomic E-state index is 12.8. The Morgan fingerprint density at radius 2 is 0.841 bits per heavy atom. The third-order valence-electron chi connectivity index (χ3n) is 9.41. The van der Waals surface area contributed by atoms with Gasteiger partial charge in [0.1, 0.15) is 9.79 Å². The van der Waals surface area contributed by atoms with E-state index < -0.39 is 41.8 Å². The first-order chi connectivity index (χ1) is 32.5. The van der Waals surface area contributed by atoms with Gasteiger partial charge in [0, 0.05) is 91.3 Å². The molecule has 0 saturated heterocycles. The molecule has 6 rings (SSSR count). The van der Waals surface area contributed by atoms with Gasteiger partial charge < -0.3 is 52.7 Å². The normalized spacial score (nSPS) is 11.4. The number of aliphatic hydroxyl groups excluding tert-OH is 2. The van der Waals surface area contributed by atoms with E-state index in [1.807, 2.05) is 0 Å². The van der Waals surface area contributed by atoms with Crippen LogP contribution in [0.5, 0.6) is 0 Å². The number of primary amides is 2. The van der Waals surface area contributed by atoms with Gasteiger partial charge in [-0.3, -0.25) is 18.7 Å². The van der Waals surface area contributed by atoms with E-state index in [1.165, 1.54) is 46.2 Å². The summed E-state index contributed by atoms with van der Waals surface area (Å²) in [6, 6.07) is 25.4. The fourth-order valence-electron chi connectivity index (χ4n) is 6.28. The molecule has 12 N–H and O–H groups in total. The second-order valence-electron chi connectivity index (χ2n) is 14.4. The summed E-state index contributed by atoms with van der Waals surface area (Å²) < 4.78 is 71.8. The van der Waals surface area contributed by atoms with Gasteiger partial charge in [-0.05, 0) is 59.7 Å². The Kier molecular flexibility index (Phi) is 18.8. The fourth-order valence-corrected chi connectivity index (χ4v) is 7.70. The number of nitrogens with one attached hydrogen (secondary N) is 4. The van der Waals surface area contributed by atoms with Gasteiger partial charge in [0.2, 0.25) is 47.5 Å². The third-order valence-corrected chi connectivity index (χ3v) is 11.2. The minimum atomic E-state index is -4.95. The van der Waals surface area contributed by atoms with Crippen molar-refractivity contribution in [3.63, 3.8) is 0 Å². The summed E-state index contributed by atoms with van der Waals surface area (Å²) in [5, 5.41) is 31.3. The standard InChI is InChI=1S/C42H46N14O10S2.Na/c43-35(59)17-19-55(21-23-57)41-51-37(45-29-7-3-1-4-8-29)49-39(53-41)47-31-15-13-27(33(25-31)67(61,62)63)11-12-28-14-16-32(26-34(28)68(64,65)66)48-40-50-38(46-30-9-5-2-6-10-30)52-42(54-40)56(22-24-58)20-18-36(44)60;/h1-16,25-26,57-58H,17-24H2,(H2,43,59)(H2,44,60)(H,61,62,63)(H,64,65,66)(H2,45,47,49,51,53)(H2,46,48,50,52,54);/b12-11+;. The Hall–Kier alpha value is -6.88. The summed E-state index contributed by atoms with van der Waals surface area (Å²) in [6.07, 6.45) is 2.25. The SMILES string of the molecule is NC(=O)CCN(CCO)c1nc(Nc2ccccc2)nc(Nc2ccc(/C=C/c3ccc(Nc4nc(Nc5ccccc5)nc(N(CCO)CCC(N)=O)n4)cc3S(=O)(=O)O)c(S(=O)(=O)O)c2)n1.[Na]. The Labute approximate surface area is 418 Å². The van der Waals surface area contributed by atoms with Gasteiger partial charge in [0.15, 0.2) is 0 Å². The number of nitrogens with zero attached hydrogens (tertiary/aromatic N) is 8. The predicted molar refractivity (Wildman–Crippen MR) is 259 cm³/mol. The molecule has 2 amide bonds. The van der Waals surface area contributed by atoms with Crippen LogP contribution in [0.1, 0.15) is 24.0 Å². The van der Waals surface area contributed by atoms with E-state index in [2.05, 4.69) is 51.2 Å². The maximum Gasteiger partial charge on any atom is 0.295 e. The Morgan fingerprint density at radius 3 is 1.14 bits per heavy atom. The first kappa shape index (κ1) is 53.1. The first-order valence-electron chi connectivity index (χ1n) is 20.4. The Balaban J connectivity index is 0.00000888. The molecule has 0 atom stereocenters. The van der Waals surface area contributed by atoms with Crippen molar-refractivity contribution < 1.29 is 45.7 Å². The third kappa shape index (κ3) is 15.8. The minimum Gasteiger partial charge on any atom is -0.395 e. The molecule has 24 nitrogen and oxygen atoms in total. The molecule has 0 aliphatic carbocycles. The number of para-hydroxylation sites is 2. The number of amides is 2. The van der Waals surface area contributed by atoms with Crippen LogP contribution in [0.15, 0.2) is 107 Å². The van der Waals surface area contributed by atoms with E-state index in [4.69, 9.17) is 11.5 Å². The fraction of sp³-hybridized carbons (Fsp3) is 0.190. The predicted octanol–water partition coefficient (Wildman–Crippen LogP) is 2.66. The van der Waals surface area contributed by atoms with Gasteiger partial charge in [0.25, 0.3) is 20.2 Å². The van der Waals surface area contributed by atoms with Crippen molar-refractivity contribution in [2.75, 3.05) is 70.5 Å². The molecule has 0 bridgehead atoms. The number of anilines is 10. The number of aromatic nitrogens is 6. The van der Waals surface area contributed by atoms with Crippen LogP contribution in [-0.4, -0.2) is 147 Å². The van der Waals surface area contributed by atoms with Crippen LogP contribution in [0.3, 0.4) is 0 Å². The number of aliphatic hydroxyl groups is 2. The van der Waals surface area contributed by atoms with Gasteiger partial charge in [-0.2, -0.15) is 46.7 Å². The number of carbonyl (C=O) groups excluding carboxylic acids is 2. The van der Waals surface area contributed by atoms with Gasteiger partial charge in [-0.15, -0.1) is 0 Å². The van der Waals surface area contributed by atoms with Gasteiger partial charge in [0.05, 0.1) is 13.2 Å². The van der Waals surface area contributed by atoms with Crippen LogP contribution in [0.25, 0.3) is 12.2 Å². The number of benzene rings is 4. The van der Waals surface area contributed by atoms with Crippen LogP contribution in [0.2, 0.25) is 0 Å². The molecular weight excluding hydrogens is 948 g/mol. The molecule has 0 aliphatic heterocycles. The molecule has 0 saturated carbocycles. The Bertz CT molecular complexity index is 2800. The molecule has 4 aromatic carbocycles. The van der Waals surface area contributed by atoms with E-state index in [0.29, 0.717) is 11.4 Å². The number of rotatable bonds is 24. The number of hydrogen-bond donors (Lipinski definition) is 10. The molecule has 1 radical (unpaired) electrons. The van der Waals surface area contributed by atoms with Gasteiger partial charge in [-0.25, -0.2) is 0 Å². The van der Waals surface area contributed by atoms with Gasteiger partial charge >= 0.3 is 0 Å². The van der Waals surface area contributed by atoms with Crippen LogP contribution >= 0.6 is 0 Å². The summed E-state index contributed by atoms with van der Waals surface area (Å²) >= 11 is 0. The Morgan fingerprint density at radius 1 is 0.507 bits per heavy atom. The van der Waals surface area contributed by atoms with Crippen LogP contribution in [0.4, 0.5) is 58.4 Å². The second-order valence-corrected chi connectivity index (χ2v) is 17.2. The molecule has 357 valence electrons. The van der Waals surface area contributed by atoms with Gasteiger partial charge in [-0.1, -0.05) is 60.7 Å². The summed E-state index contributed by atoms with van der Waals surface area (Å²) in [5.74, 6) is -1.25. The monoisotopic (exact) mass is 993 g/mol. The van der Waals surface area contributed by atoms with E-state index >= 15 is 0 Å². The van der Waals surface area contributed by atoms with Crippen molar-refractivity contribution in [2.24, 2.45) is 11.5 Å². The van der Waals surface area contributed by atoms with Crippen molar-refractivity contribution in [1.82, 2.24) is 29.9 Å². The molecule has 0 unspecified atom stereocenters. The molecule has 0 aliphatic rings. The molecule has 2 heterocycles. The van der Waals surface area contributed by atoms with Crippen molar-refractivity contribution in [3.8, 4) is 0 Å². The molecule has 27 heteroatoms. The van der Waals surface area contributed by atoms with Crippen molar-refractivity contribution in [3.05, 3.63) is 108 Å². The molecular formula is C42H46N14NaO10S2. The quantitative estimate of drug-likeness (QED) is 0.0237. The average Bonchev–Trinajstić information content (AvgIpc) is 3.28. The average molecular weight is 994 g/mol. The van der Waals surface area contributed by atoms with E-state index in [-0.39, 0.29) is 140 Å². The van der Waals surface area contributed by atoms with Crippen LogP contribution in [-0.2, 0) is 29.8 Å². The van der Waals surface area contributed by atoms with Crippen molar-refractivity contribution in [1.29, 1.82) is 0 Å². The summed E-state index contributed by atoms with van der Waals surface area (Å²) in [5.41, 5.74) is 11.9. The van der Waals surface area contributed by atoms with E-state index in [1.54, 1.807) is 60.7 Å². The zero-order valence-corrected chi connectivity index (χ0v) is 40.5. The summed E-state index contributed by atoms with van der Waals surface area (Å²) in [4.78, 5) is 51.5. The number of nitrogens with two attached hydrogens (primary N) is 2. The zero-order chi connectivity index (χ0) is 48.8. The number of hydrogen-bond acceptors (Lipinski definition) is 20. The topological polar surface area (TPSA) is 367 Å². The molecule has 2 aromatic heterocycles. The van der Waals surface area contributed by atoms with E-state index in [9.17, 15) is 45.7 Å². The van der Waals surface area contributed by atoms with Crippen molar-refractivity contribution in [2.45, 2.75) is 22.6 Å². The number of carbonyl (C=O) groups is 2. The second kappa shape index (κ2) is 24.4. The van der Waals surface area contributed by atoms with Crippen molar-refractivity contribution >= 4 is 132 Å². The summed E-state index contributed by atoms with van der Waals surface area (Å²) in [6.45, 7) is -0.498. The molecule has 69 heavy (non-hydrogen) atoms. The smallest absolute Gasteiger partial charge is 0.295 e. The first-order valence-corrected chi connectivity index (χ1v) is 23.2. The zero-order valence-electron chi connectivity index (χ0n) is 36.8. The summed E-state index contributed by atoms with van der Waals surface area (Å²) in [7, 11) is -9.90. The molecule has 0 spiro atoms. The van der Waals surface area contributed by atoms with Crippen LogP contribution in [0, 0.1) is 0 Å². The minimum absolute atomic E-state index is 0. The largest absolute Gasteiger partial charge is 0.395 e. The maximum absolute atomic E-state index is 12.8.